The summed E-state index contributed by atoms with van der Waals surface area (Å²) in [6.07, 6.45) is 0. The van der Waals surface area contributed by atoms with Crippen molar-refractivity contribution in [2.75, 3.05) is 14.2 Å². The van der Waals surface area contributed by atoms with E-state index < -0.39 is 4.92 Å². The van der Waals surface area contributed by atoms with E-state index >= 15 is 0 Å². The molecule has 0 radical (unpaired) electrons. The number of non-ortho nitro benzene ring substituents is 1. The van der Waals surface area contributed by atoms with Crippen LogP contribution in [0.3, 0.4) is 0 Å². The number of nitrogens with zero attached hydrogens (tertiary/aromatic N) is 3. The van der Waals surface area contributed by atoms with E-state index in [1.165, 1.54) is 17.4 Å². The van der Waals surface area contributed by atoms with Gasteiger partial charge in [0.05, 0.1) is 36.2 Å². The maximum absolute atomic E-state index is 11.3. The molecule has 0 fully saturated rings. The Bertz CT molecular complexity index is 1310. The van der Waals surface area contributed by atoms with Crippen LogP contribution in [-0.4, -0.2) is 23.7 Å². The van der Waals surface area contributed by atoms with Crippen molar-refractivity contribution in [1.29, 1.82) is 0 Å². The standard InChI is InChI=1S/C23H19N3O4S/c1-29-20-10-4-7-17(13-20)24-23-25(18-8-5-11-21(14-18)30-2)22(15-31-23)16-6-3-9-19(12-16)26(27)28/h3-15H,1-2H3. The highest BCUT2D eigenvalue weighted by Gasteiger charge is 2.14. The number of methoxy groups -OCH3 is 2. The number of hydrogen-bond acceptors (Lipinski definition) is 6. The van der Waals surface area contributed by atoms with Gasteiger partial charge < -0.3 is 9.47 Å². The smallest absolute Gasteiger partial charge is 0.270 e. The van der Waals surface area contributed by atoms with Gasteiger partial charge in [-0.1, -0.05) is 24.3 Å². The first-order valence-electron chi connectivity index (χ1n) is 9.37. The quantitative estimate of drug-likeness (QED) is 0.303. The number of hydrogen-bond donors (Lipinski definition) is 0. The Hall–Kier alpha value is -3.91. The number of rotatable bonds is 6. The molecule has 3 aromatic carbocycles. The lowest BCUT2D eigenvalue weighted by molar-refractivity contribution is -0.384. The van der Waals surface area contributed by atoms with E-state index in [4.69, 9.17) is 14.5 Å². The number of aromatic nitrogens is 1. The van der Waals surface area contributed by atoms with Crippen LogP contribution < -0.4 is 14.3 Å². The zero-order valence-electron chi connectivity index (χ0n) is 16.9. The summed E-state index contributed by atoms with van der Waals surface area (Å²) in [5.41, 5.74) is 3.13. The predicted molar refractivity (Wildman–Crippen MR) is 121 cm³/mol. The summed E-state index contributed by atoms with van der Waals surface area (Å²) in [4.78, 5) is 16.4. The molecule has 0 bridgehead atoms. The van der Waals surface area contributed by atoms with Crippen LogP contribution >= 0.6 is 11.3 Å². The second kappa shape index (κ2) is 8.85. The van der Waals surface area contributed by atoms with E-state index in [-0.39, 0.29) is 5.69 Å². The third kappa shape index (κ3) is 4.34. The fourth-order valence-corrected chi connectivity index (χ4v) is 4.08. The summed E-state index contributed by atoms with van der Waals surface area (Å²) in [5, 5.41) is 13.2. The van der Waals surface area contributed by atoms with Gasteiger partial charge in [-0.15, -0.1) is 11.3 Å². The van der Waals surface area contributed by atoms with Crippen molar-refractivity contribution in [3.05, 3.63) is 93.1 Å². The Kier molecular flexibility index (Phi) is 5.81. The van der Waals surface area contributed by atoms with Gasteiger partial charge in [0, 0.05) is 35.2 Å². The number of ether oxygens (including phenoxy) is 2. The number of nitro groups is 1. The van der Waals surface area contributed by atoms with Gasteiger partial charge in [-0.2, -0.15) is 0 Å². The SMILES string of the molecule is COc1cccc(N=c2scc(-c3cccc([N+](=O)[O-])c3)n2-c2cccc(OC)c2)c1. The van der Waals surface area contributed by atoms with Crippen molar-refractivity contribution in [2.45, 2.75) is 0 Å². The molecule has 4 aromatic rings. The fraction of sp³-hybridized carbons (Fsp3) is 0.0870. The largest absolute Gasteiger partial charge is 0.497 e. The second-order valence-electron chi connectivity index (χ2n) is 6.56. The van der Waals surface area contributed by atoms with Crippen molar-refractivity contribution < 1.29 is 14.4 Å². The fourth-order valence-electron chi connectivity index (χ4n) is 3.16. The average Bonchev–Trinajstić information content (AvgIpc) is 3.22. The Morgan fingerprint density at radius 2 is 1.65 bits per heavy atom. The molecule has 1 aromatic heterocycles. The molecule has 0 amide bonds. The maximum Gasteiger partial charge on any atom is 0.270 e. The molecule has 0 saturated heterocycles. The molecule has 0 unspecified atom stereocenters. The topological polar surface area (TPSA) is 78.9 Å². The second-order valence-corrected chi connectivity index (χ2v) is 7.40. The molecule has 7 nitrogen and oxygen atoms in total. The van der Waals surface area contributed by atoms with Crippen LogP contribution in [0.2, 0.25) is 0 Å². The Labute approximate surface area is 182 Å². The van der Waals surface area contributed by atoms with E-state index in [0.717, 1.165) is 22.6 Å². The van der Waals surface area contributed by atoms with Crippen LogP contribution in [0, 0.1) is 10.1 Å². The van der Waals surface area contributed by atoms with Gasteiger partial charge in [-0.25, -0.2) is 4.99 Å². The molecule has 0 N–H and O–H groups in total. The van der Waals surface area contributed by atoms with Crippen LogP contribution in [-0.2, 0) is 0 Å². The highest BCUT2D eigenvalue weighted by Crippen LogP contribution is 2.28. The first kappa shape index (κ1) is 20.4. The van der Waals surface area contributed by atoms with Crippen molar-refractivity contribution in [3.8, 4) is 28.4 Å². The molecule has 0 spiro atoms. The highest BCUT2D eigenvalue weighted by atomic mass is 32.1. The zero-order chi connectivity index (χ0) is 21.8. The molecule has 156 valence electrons. The Morgan fingerprint density at radius 3 is 2.39 bits per heavy atom. The van der Waals surface area contributed by atoms with Gasteiger partial charge in [-0.3, -0.25) is 14.7 Å². The normalized spacial score (nSPS) is 11.4. The van der Waals surface area contributed by atoms with Crippen LogP contribution in [0.25, 0.3) is 16.9 Å². The molecule has 0 aliphatic carbocycles. The molecule has 31 heavy (non-hydrogen) atoms. The third-order valence-corrected chi connectivity index (χ3v) is 5.48. The molecular weight excluding hydrogens is 414 g/mol. The summed E-state index contributed by atoms with van der Waals surface area (Å²) in [7, 11) is 3.22. The van der Waals surface area contributed by atoms with E-state index in [2.05, 4.69) is 0 Å². The van der Waals surface area contributed by atoms with Gasteiger partial charge in [-0.05, 0) is 24.3 Å². The van der Waals surface area contributed by atoms with E-state index in [0.29, 0.717) is 16.3 Å². The minimum atomic E-state index is -0.396. The molecule has 8 heteroatoms. The molecular formula is C23H19N3O4S. The van der Waals surface area contributed by atoms with Crippen LogP contribution in [0.5, 0.6) is 11.5 Å². The van der Waals surface area contributed by atoms with Gasteiger partial charge in [0.25, 0.3) is 5.69 Å². The third-order valence-electron chi connectivity index (χ3n) is 4.65. The van der Waals surface area contributed by atoms with E-state index in [1.807, 2.05) is 64.5 Å². The van der Waals surface area contributed by atoms with Gasteiger partial charge >= 0.3 is 0 Å². The minimum absolute atomic E-state index is 0.0344. The summed E-state index contributed by atoms with van der Waals surface area (Å²) in [5.74, 6) is 1.41. The van der Waals surface area contributed by atoms with Gasteiger partial charge in [0.2, 0.25) is 0 Å². The first-order chi connectivity index (χ1) is 15.1. The van der Waals surface area contributed by atoms with Crippen molar-refractivity contribution in [3.63, 3.8) is 0 Å². The van der Waals surface area contributed by atoms with Crippen LogP contribution in [0.15, 0.2) is 83.2 Å². The monoisotopic (exact) mass is 433 g/mol. The van der Waals surface area contributed by atoms with Crippen LogP contribution in [0.4, 0.5) is 11.4 Å². The van der Waals surface area contributed by atoms with Crippen molar-refractivity contribution in [1.82, 2.24) is 4.57 Å². The van der Waals surface area contributed by atoms with E-state index in [9.17, 15) is 10.1 Å². The number of nitro benzene ring substituents is 1. The minimum Gasteiger partial charge on any atom is -0.497 e. The zero-order valence-corrected chi connectivity index (χ0v) is 17.7. The predicted octanol–water partition coefficient (Wildman–Crippen LogP) is 5.36. The summed E-state index contributed by atoms with van der Waals surface area (Å²) in [6, 6.07) is 21.7. The molecule has 0 atom stereocenters. The molecule has 0 aliphatic rings. The van der Waals surface area contributed by atoms with Crippen LogP contribution in [0.1, 0.15) is 0 Å². The lowest BCUT2D eigenvalue weighted by Crippen LogP contribution is -2.13. The van der Waals surface area contributed by atoms with Gasteiger partial charge in [0.1, 0.15) is 11.5 Å². The average molecular weight is 433 g/mol. The Morgan fingerprint density at radius 1 is 0.935 bits per heavy atom. The molecule has 4 rings (SSSR count). The first-order valence-corrected chi connectivity index (χ1v) is 10.3. The Balaban J connectivity index is 1.95. The van der Waals surface area contributed by atoms with Gasteiger partial charge in [0.15, 0.2) is 4.80 Å². The number of thiazole rings is 1. The lowest BCUT2D eigenvalue weighted by Gasteiger charge is -2.11. The van der Waals surface area contributed by atoms with E-state index in [1.54, 1.807) is 26.4 Å². The molecule has 0 aliphatic heterocycles. The molecule has 0 saturated carbocycles. The summed E-state index contributed by atoms with van der Waals surface area (Å²) >= 11 is 1.45. The summed E-state index contributed by atoms with van der Waals surface area (Å²) < 4.78 is 12.7. The molecule has 1 heterocycles. The lowest BCUT2D eigenvalue weighted by atomic mass is 10.1. The number of benzene rings is 3. The summed E-state index contributed by atoms with van der Waals surface area (Å²) in [6.45, 7) is 0. The van der Waals surface area contributed by atoms with Crippen molar-refractivity contribution in [2.24, 2.45) is 4.99 Å². The van der Waals surface area contributed by atoms with Crippen molar-refractivity contribution >= 4 is 22.7 Å². The highest BCUT2D eigenvalue weighted by molar-refractivity contribution is 7.07. The maximum atomic E-state index is 11.3.